The second-order valence-electron chi connectivity index (χ2n) is 5.14. The van der Waals surface area contributed by atoms with Crippen molar-refractivity contribution in [3.8, 4) is 0 Å². The van der Waals surface area contributed by atoms with Crippen molar-refractivity contribution in [3.05, 3.63) is 47.5 Å². The van der Waals surface area contributed by atoms with Crippen LogP contribution in [0.5, 0.6) is 0 Å². The van der Waals surface area contributed by atoms with Gasteiger partial charge in [-0.05, 0) is 18.2 Å². The van der Waals surface area contributed by atoms with Gasteiger partial charge in [0.15, 0.2) is 0 Å². The van der Waals surface area contributed by atoms with Crippen molar-refractivity contribution in [2.75, 3.05) is 26.3 Å². The number of pyridine rings is 1. The first-order chi connectivity index (χ1) is 10.8. The highest BCUT2D eigenvalue weighted by Gasteiger charge is 2.27. The Bertz CT molecular complexity index is 629. The number of rotatable bonds is 4. The lowest BCUT2D eigenvalue weighted by atomic mass is 10.1. The number of carbonyl (C=O) groups excluding carboxylic acids is 1. The molecule has 1 atom stereocenters. The number of nitrogens with zero attached hydrogens (tertiary/aromatic N) is 3. The lowest BCUT2D eigenvalue weighted by Gasteiger charge is -2.32. The van der Waals surface area contributed by atoms with Crippen LogP contribution in [0.25, 0.3) is 0 Å². The fourth-order valence-corrected chi connectivity index (χ4v) is 2.48. The standard InChI is InChI=1S/C15H18N4O3/c20-6-3-12-8-13(18-17-12)14-10-19(5-7-22-14)15(21)11-2-1-4-16-9-11/h1-2,4,8-9,14,20H,3,5-7,10H2,(H,17,18). The molecule has 1 aliphatic rings. The number of aliphatic hydroxyl groups excluding tert-OH is 1. The summed E-state index contributed by atoms with van der Waals surface area (Å²) in [4.78, 5) is 18.2. The van der Waals surface area contributed by atoms with Crippen LogP contribution >= 0.6 is 0 Å². The first-order valence-corrected chi connectivity index (χ1v) is 7.24. The largest absolute Gasteiger partial charge is 0.396 e. The molecule has 1 unspecified atom stereocenters. The molecule has 2 N–H and O–H groups in total. The number of H-pyrrole nitrogens is 1. The quantitative estimate of drug-likeness (QED) is 0.861. The SMILES string of the molecule is O=C(c1cccnc1)N1CCOC(c2cc(CCO)[nH]n2)C1. The Balaban J connectivity index is 1.69. The van der Waals surface area contributed by atoms with E-state index in [1.807, 2.05) is 6.07 Å². The van der Waals surface area contributed by atoms with Gasteiger partial charge in [-0.15, -0.1) is 0 Å². The van der Waals surface area contributed by atoms with Gasteiger partial charge >= 0.3 is 0 Å². The Labute approximate surface area is 127 Å². The average Bonchev–Trinajstić information content (AvgIpc) is 3.04. The van der Waals surface area contributed by atoms with E-state index < -0.39 is 0 Å². The van der Waals surface area contributed by atoms with Gasteiger partial charge in [0, 0.05) is 37.7 Å². The van der Waals surface area contributed by atoms with Gasteiger partial charge in [-0.2, -0.15) is 5.10 Å². The van der Waals surface area contributed by atoms with E-state index in [1.165, 1.54) is 0 Å². The van der Waals surface area contributed by atoms with Crippen molar-refractivity contribution < 1.29 is 14.6 Å². The summed E-state index contributed by atoms with van der Waals surface area (Å²) < 4.78 is 5.72. The predicted octanol–water partition coefficient (Wildman–Crippen LogP) is 0.553. The van der Waals surface area contributed by atoms with Crippen LogP contribution in [0.2, 0.25) is 0 Å². The van der Waals surface area contributed by atoms with Crippen molar-refractivity contribution in [1.29, 1.82) is 0 Å². The van der Waals surface area contributed by atoms with Gasteiger partial charge in [0.2, 0.25) is 0 Å². The predicted molar refractivity (Wildman–Crippen MR) is 78.2 cm³/mol. The average molecular weight is 302 g/mol. The third kappa shape index (κ3) is 3.15. The first kappa shape index (κ1) is 14.7. The Kier molecular flexibility index (Phi) is 4.45. The van der Waals surface area contributed by atoms with Crippen LogP contribution in [-0.4, -0.2) is 57.4 Å². The molecule has 0 spiro atoms. The minimum atomic E-state index is -0.252. The molecule has 0 bridgehead atoms. The molecule has 1 saturated heterocycles. The molecule has 0 aliphatic carbocycles. The zero-order valence-corrected chi connectivity index (χ0v) is 12.1. The van der Waals surface area contributed by atoms with Crippen LogP contribution in [0.3, 0.4) is 0 Å². The zero-order valence-electron chi connectivity index (χ0n) is 12.1. The maximum atomic E-state index is 12.5. The molecular weight excluding hydrogens is 284 g/mol. The molecule has 7 nitrogen and oxygen atoms in total. The minimum absolute atomic E-state index is 0.0486. The second kappa shape index (κ2) is 6.67. The molecule has 7 heteroatoms. The van der Waals surface area contributed by atoms with E-state index in [9.17, 15) is 4.79 Å². The fourth-order valence-electron chi connectivity index (χ4n) is 2.48. The molecule has 116 valence electrons. The van der Waals surface area contributed by atoms with E-state index in [4.69, 9.17) is 9.84 Å². The summed E-state index contributed by atoms with van der Waals surface area (Å²) in [5.41, 5.74) is 2.19. The highest BCUT2D eigenvalue weighted by Crippen LogP contribution is 2.22. The third-order valence-electron chi connectivity index (χ3n) is 3.62. The number of ether oxygens (including phenoxy) is 1. The molecule has 3 rings (SSSR count). The molecule has 22 heavy (non-hydrogen) atoms. The summed E-state index contributed by atoms with van der Waals surface area (Å²) in [5.74, 6) is -0.0486. The summed E-state index contributed by atoms with van der Waals surface area (Å²) in [5, 5.41) is 16.0. The van der Waals surface area contributed by atoms with Crippen molar-refractivity contribution in [1.82, 2.24) is 20.1 Å². The van der Waals surface area contributed by atoms with Crippen LogP contribution in [0, 0.1) is 0 Å². The van der Waals surface area contributed by atoms with Gasteiger partial charge in [0.25, 0.3) is 5.91 Å². The zero-order chi connectivity index (χ0) is 15.4. The summed E-state index contributed by atoms with van der Waals surface area (Å²) in [7, 11) is 0. The molecule has 1 fully saturated rings. The van der Waals surface area contributed by atoms with E-state index in [1.54, 1.807) is 29.4 Å². The first-order valence-electron chi connectivity index (χ1n) is 7.24. The number of aromatic nitrogens is 3. The maximum Gasteiger partial charge on any atom is 0.255 e. The number of hydrogen-bond donors (Lipinski definition) is 2. The van der Waals surface area contributed by atoms with Crippen LogP contribution in [0.1, 0.15) is 27.8 Å². The monoisotopic (exact) mass is 302 g/mol. The van der Waals surface area contributed by atoms with Crippen LogP contribution < -0.4 is 0 Å². The summed E-state index contributed by atoms with van der Waals surface area (Å²) in [6.07, 6.45) is 3.49. The van der Waals surface area contributed by atoms with Crippen LogP contribution in [0.15, 0.2) is 30.6 Å². The minimum Gasteiger partial charge on any atom is -0.396 e. The summed E-state index contributed by atoms with van der Waals surface area (Å²) >= 11 is 0. The molecule has 2 aromatic heterocycles. The van der Waals surface area contributed by atoms with Crippen molar-refractivity contribution in [2.45, 2.75) is 12.5 Å². The molecule has 3 heterocycles. The second-order valence-corrected chi connectivity index (χ2v) is 5.14. The molecule has 1 aliphatic heterocycles. The van der Waals surface area contributed by atoms with Crippen molar-refractivity contribution >= 4 is 5.91 Å². The van der Waals surface area contributed by atoms with Gasteiger partial charge in [0.1, 0.15) is 6.10 Å². The van der Waals surface area contributed by atoms with E-state index in [2.05, 4.69) is 15.2 Å². The van der Waals surface area contributed by atoms with Crippen LogP contribution in [-0.2, 0) is 11.2 Å². The molecular formula is C15H18N4O3. The van der Waals surface area contributed by atoms with Crippen LogP contribution in [0.4, 0.5) is 0 Å². The third-order valence-corrected chi connectivity index (χ3v) is 3.62. The smallest absolute Gasteiger partial charge is 0.255 e. The van der Waals surface area contributed by atoms with Gasteiger partial charge in [-0.3, -0.25) is 14.9 Å². The Morgan fingerprint density at radius 2 is 2.45 bits per heavy atom. The van der Waals surface area contributed by atoms with Gasteiger partial charge in [-0.1, -0.05) is 0 Å². The number of aliphatic hydroxyl groups is 1. The van der Waals surface area contributed by atoms with E-state index in [-0.39, 0.29) is 18.6 Å². The van der Waals surface area contributed by atoms with E-state index in [0.717, 1.165) is 11.4 Å². The Morgan fingerprint density at radius 3 is 3.23 bits per heavy atom. The molecule has 0 saturated carbocycles. The van der Waals surface area contributed by atoms with Gasteiger partial charge < -0.3 is 14.7 Å². The molecule has 0 radical (unpaired) electrons. The van der Waals surface area contributed by atoms with E-state index in [0.29, 0.717) is 31.7 Å². The molecule has 1 amide bonds. The lowest BCUT2D eigenvalue weighted by molar-refractivity contribution is -0.0247. The van der Waals surface area contributed by atoms with E-state index >= 15 is 0 Å². The lowest BCUT2D eigenvalue weighted by Crippen LogP contribution is -2.42. The highest BCUT2D eigenvalue weighted by atomic mass is 16.5. The summed E-state index contributed by atoms with van der Waals surface area (Å²) in [6.45, 7) is 1.55. The number of nitrogens with one attached hydrogen (secondary N) is 1. The molecule has 2 aromatic rings. The normalized spacial score (nSPS) is 18.4. The fraction of sp³-hybridized carbons (Fsp3) is 0.400. The number of carbonyl (C=O) groups is 1. The van der Waals surface area contributed by atoms with Crippen molar-refractivity contribution in [2.24, 2.45) is 0 Å². The number of morpholine rings is 1. The Hall–Kier alpha value is -2.25. The number of hydrogen-bond acceptors (Lipinski definition) is 5. The maximum absolute atomic E-state index is 12.5. The Morgan fingerprint density at radius 1 is 1.55 bits per heavy atom. The number of amides is 1. The summed E-state index contributed by atoms with van der Waals surface area (Å²) in [6, 6.07) is 5.38. The molecule has 0 aromatic carbocycles. The highest BCUT2D eigenvalue weighted by molar-refractivity contribution is 5.93. The topological polar surface area (TPSA) is 91.3 Å². The van der Waals surface area contributed by atoms with Gasteiger partial charge in [0.05, 0.1) is 24.4 Å². The number of aromatic amines is 1. The van der Waals surface area contributed by atoms with Gasteiger partial charge in [-0.25, -0.2) is 0 Å². The van der Waals surface area contributed by atoms with Crippen molar-refractivity contribution in [3.63, 3.8) is 0 Å².